The van der Waals surface area contributed by atoms with Crippen LogP contribution in [0.1, 0.15) is 35.2 Å². The number of rotatable bonds is 2. The molecule has 4 nitrogen and oxygen atoms in total. The van der Waals surface area contributed by atoms with Crippen LogP contribution in [0.15, 0.2) is 24.3 Å². The fourth-order valence-corrected chi connectivity index (χ4v) is 2.38. The van der Waals surface area contributed by atoms with Gasteiger partial charge < -0.3 is 10.0 Å². The number of nitrogens with zero attached hydrogens (tertiary/aromatic N) is 1. The lowest BCUT2D eigenvalue weighted by Crippen LogP contribution is -2.47. The summed E-state index contributed by atoms with van der Waals surface area (Å²) in [6.07, 6.45) is 2.29. The van der Waals surface area contributed by atoms with Crippen LogP contribution in [0, 0.1) is 6.92 Å². The smallest absolute Gasteiger partial charge is 0.326 e. The van der Waals surface area contributed by atoms with E-state index in [4.69, 9.17) is 5.11 Å². The van der Waals surface area contributed by atoms with Crippen LogP contribution in [0.3, 0.4) is 0 Å². The minimum Gasteiger partial charge on any atom is -0.480 e. The van der Waals surface area contributed by atoms with Crippen LogP contribution in [-0.4, -0.2) is 34.5 Å². The van der Waals surface area contributed by atoms with Crippen LogP contribution in [-0.2, 0) is 4.79 Å². The largest absolute Gasteiger partial charge is 0.480 e. The van der Waals surface area contributed by atoms with Gasteiger partial charge in [-0.1, -0.05) is 17.7 Å². The van der Waals surface area contributed by atoms with Gasteiger partial charge in [0.15, 0.2) is 0 Å². The summed E-state index contributed by atoms with van der Waals surface area (Å²) in [5, 5.41) is 9.17. The van der Waals surface area contributed by atoms with Crippen molar-refractivity contribution in [3.8, 4) is 0 Å². The van der Waals surface area contributed by atoms with Gasteiger partial charge in [0.1, 0.15) is 6.04 Å². The van der Waals surface area contributed by atoms with Crippen LogP contribution in [0.4, 0.5) is 0 Å². The van der Waals surface area contributed by atoms with Crippen molar-refractivity contribution in [2.24, 2.45) is 0 Å². The first kappa shape index (κ1) is 12.6. The number of hydrogen-bond acceptors (Lipinski definition) is 2. The molecule has 2 rings (SSSR count). The summed E-state index contributed by atoms with van der Waals surface area (Å²) in [4.78, 5) is 25.0. The number of aliphatic carboxylic acids is 1. The Hall–Kier alpha value is -1.84. The Bertz CT molecular complexity index is 470. The molecular weight excluding hydrogens is 230 g/mol. The summed E-state index contributed by atoms with van der Waals surface area (Å²) < 4.78 is 0. The maximum Gasteiger partial charge on any atom is 0.326 e. The lowest BCUT2D eigenvalue weighted by Gasteiger charge is -2.33. The van der Waals surface area contributed by atoms with Gasteiger partial charge in [-0.05, 0) is 38.3 Å². The minimum atomic E-state index is -0.907. The molecule has 1 aliphatic heterocycles. The Morgan fingerprint density at radius 3 is 2.78 bits per heavy atom. The van der Waals surface area contributed by atoms with Crippen molar-refractivity contribution >= 4 is 11.9 Å². The number of likely N-dealkylation sites (tertiary alicyclic amines) is 1. The Labute approximate surface area is 106 Å². The van der Waals surface area contributed by atoms with Crippen LogP contribution in [0.5, 0.6) is 0 Å². The standard InChI is InChI=1S/C14H17NO3/c1-10-5-4-6-11(9-10)13(16)15-8-3-2-7-12(15)14(17)18/h4-6,9,12H,2-3,7-8H2,1H3,(H,17,18)/t12-/m1/s1. The Morgan fingerprint density at radius 1 is 1.33 bits per heavy atom. The van der Waals surface area contributed by atoms with Crippen LogP contribution < -0.4 is 0 Å². The van der Waals surface area contributed by atoms with Crippen LogP contribution in [0.2, 0.25) is 0 Å². The van der Waals surface area contributed by atoms with E-state index in [0.29, 0.717) is 18.5 Å². The predicted octanol–water partition coefficient (Wildman–Crippen LogP) is 2.07. The number of carboxylic acid groups (broad SMARTS) is 1. The summed E-state index contributed by atoms with van der Waals surface area (Å²) in [7, 11) is 0. The highest BCUT2D eigenvalue weighted by molar-refractivity contribution is 5.96. The Morgan fingerprint density at radius 2 is 2.11 bits per heavy atom. The van der Waals surface area contributed by atoms with E-state index >= 15 is 0 Å². The quantitative estimate of drug-likeness (QED) is 0.870. The molecule has 1 atom stereocenters. The first-order chi connectivity index (χ1) is 8.59. The third kappa shape index (κ3) is 2.53. The number of carbonyl (C=O) groups is 2. The van der Waals surface area contributed by atoms with Gasteiger partial charge in [0.25, 0.3) is 5.91 Å². The lowest BCUT2D eigenvalue weighted by molar-refractivity contribution is -0.143. The van der Waals surface area contributed by atoms with Crippen LogP contribution in [0.25, 0.3) is 0 Å². The maximum absolute atomic E-state index is 12.3. The molecule has 1 heterocycles. The van der Waals surface area contributed by atoms with Crippen molar-refractivity contribution in [1.29, 1.82) is 0 Å². The van der Waals surface area contributed by atoms with Gasteiger partial charge >= 0.3 is 5.97 Å². The summed E-state index contributed by atoms with van der Waals surface area (Å²) in [6, 6.07) is 6.61. The molecule has 0 bridgehead atoms. The molecule has 1 saturated heterocycles. The number of hydrogen-bond donors (Lipinski definition) is 1. The van der Waals surface area contributed by atoms with E-state index in [9.17, 15) is 9.59 Å². The number of piperidine rings is 1. The molecule has 0 radical (unpaired) electrons. The Balaban J connectivity index is 2.23. The molecule has 0 aliphatic carbocycles. The highest BCUT2D eigenvalue weighted by atomic mass is 16.4. The van der Waals surface area contributed by atoms with Crippen molar-refractivity contribution in [3.05, 3.63) is 35.4 Å². The third-order valence-corrected chi connectivity index (χ3v) is 3.31. The number of carbonyl (C=O) groups excluding carboxylic acids is 1. The first-order valence-electron chi connectivity index (χ1n) is 6.20. The zero-order chi connectivity index (χ0) is 13.1. The molecule has 4 heteroatoms. The zero-order valence-electron chi connectivity index (χ0n) is 10.4. The molecule has 1 aromatic carbocycles. The molecule has 0 unspecified atom stereocenters. The fourth-order valence-electron chi connectivity index (χ4n) is 2.38. The molecule has 18 heavy (non-hydrogen) atoms. The molecule has 1 aromatic rings. The van der Waals surface area contributed by atoms with Gasteiger partial charge in [0.05, 0.1) is 0 Å². The average molecular weight is 247 g/mol. The van der Waals surface area contributed by atoms with E-state index in [1.54, 1.807) is 12.1 Å². The molecule has 0 saturated carbocycles. The highest BCUT2D eigenvalue weighted by Crippen LogP contribution is 2.20. The van der Waals surface area contributed by atoms with E-state index < -0.39 is 12.0 Å². The number of benzene rings is 1. The average Bonchev–Trinajstić information content (AvgIpc) is 2.38. The van der Waals surface area contributed by atoms with Gasteiger partial charge in [-0.25, -0.2) is 4.79 Å². The molecular formula is C14H17NO3. The topological polar surface area (TPSA) is 57.6 Å². The summed E-state index contributed by atoms with van der Waals surface area (Å²) in [5.74, 6) is -1.08. The van der Waals surface area contributed by atoms with E-state index in [1.807, 2.05) is 19.1 Å². The molecule has 1 amide bonds. The lowest BCUT2D eigenvalue weighted by atomic mass is 10.0. The van der Waals surface area contributed by atoms with Gasteiger partial charge in [-0.15, -0.1) is 0 Å². The van der Waals surface area contributed by atoms with Crippen molar-refractivity contribution in [1.82, 2.24) is 4.90 Å². The molecule has 1 N–H and O–H groups in total. The minimum absolute atomic E-state index is 0.175. The predicted molar refractivity (Wildman–Crippen MR) is 67.5 cm³/mol. The van der Waals surface area contributed by atoms with E-state index in [0.717, 1.165) is 18.4 Å². The van der Waals surface area contributed by atoms with E-state index in [1.165, 1.54) is 4.90 Å². The van der Waals surface area contributed by atoms with Gasteiger partial charge in [0.2, 0.25) is 0 Å². The summed E-state index contributed by atoms with van der Waals surface area (Å²) in [5.41, 5.74) is 1.58. The van der Waals surface area contributed by atoms with Crippen molar-refractivity contribution in [2.75, 3.05) is 6.54 Å². The number of aryl methyl sites for hydroxylation is 1. The second-order valence-corrected chi connectivity index (χ2v) is 4.72. The normalized spacial score (nSPS) is 19.6. The Kier molecular flexibility index (Phi) is 3.65. The summed E-state index contributed by atoms with van der Waals surface area (Å²) >= 11 is 0. The number of amides is 1. The van der Waals surface area contributed by atoms with Crippen molar-refractivity contribution in [3.63, 3.8) is 0 Å². The van der Waals surface area contributed by atoms with Gasteiger partial charge in [0, 0.05) is 12.1 Å². The van der Waals surface area contributed by atoms with Crippen molar-refractivity contribution < 1.29 is 14.7 Å². The zero-order valence-corrected chi connectivity index (χ0v) is 10.4. The first-order valence-corrected chi connectivity index (χ1v) is 6.20. The molecule has 1 aliphatic rings. The van der Waals surface area contributed by atoms with Gasteiger partial charge in [-0.2, -0.15) is 0 Å². The second kappa shape index (κ2) is 5.21. The number of carboxylic acids is 1. The monoisotopic (exact) mass is 247 g/mol. The SMILES string of the molecule is Cc1cccc(C(=O)N2CCCC[C@@H]2C(=O)O)c1. The molecule has 1 fully saturated rings. The van der Waals surface area contributed by atoms with Crippen LogP contribution >= 0.6 is 0 Å². The van der Waals surface area contributed by atoms with Crippen molar-refractivity contribution in [2.45, 2.75) is 32.2 Å². The maximum atomic E-state index is 12.3. The van der Waals surface area contributed by atoms with E-state index in [-0.39, 0.29) is 5.91 Å². The third-order valence-electron chi connectivity index (χ3n) is 3.31. The fraction of sp³-hybridized carbons (Fsp3) is 0.429. The molecule has 0 aromatic heterocycles. The van der Waals surface area contributed by atoms with Gasteiger partial charge in [-0.3, -0.25) is 4.79 Å². The summed E-state index contributed by atoms with van der Waals surface area (Å²) in [6.45, 7) is 2.45. The second-order valence-electron chi connectivity index (χ2n) is 4.72. The molecule has 96 valence electrons. The molecule has 0 spiro atoms. The highest BCUT2D eigenvalue weighted by Gasteiger charge is 2.32. The van der Waals surface area contributed by atoms with E-state index in [2.05, 4.69) is 0 Å².